The van der Waals surface area contributed by atoms with Crippen molar-refractivity contribution in [1.82, 2.24) is 0 Å². The van der Waals surface area contributed by atoms with Crippen molar-refractivity contribution in [2.24, 2.45) is 0 Å². The molecule has 0 bridgehead atoms. The van der Waals surface area contributed by atoms with Gasteiger partial charge in [0.05, 0.1) is 12.7 Å². The summed E-state index contributed by atoms with van der Waals surface area (Å²) < 4.78 is 38.0. The molecule has 1 heterocycles. The third kappa shape index (κ3) is 6.38. The van der Waals surface area contributed by atoms with Gasteiger partial charge in [0.1, 0.15) is 10.8 Å². The summed E-state index contributed by atoms with van der Waals surface area (Å²) in [7, 11) is 1.24. The van der Waals surface area contributed by atoms with Crippen LogP contribution < -0.4 is 10.1 Å². The smallest absolute Gasteiger partial charge is 0.387 e. The summed E-state index contributed by atoms with van der Waals surface area (Å²) in [5.41, 5.74) is 1.51. The van der Waals surface area contributed by atoms with Gasteiger partial charge in [0.25, 0.3) is 5.91 Å². The SMILES string of the molecule is COC(=O)c1c(NC(=O)COC(=O)/C=C/c2ccc(OC(F)F)cc2)sc(C)c1C. The fourth-order valence-corrected chi connectivity index (χ4v) is 3.40. The maximum Gasteiger partial charge on any atom is 0.387 e. The summed E-state index contributed by atoms with van der Waals surface area (Å²) in [6.45, 7) is 0.0725. The lowest BCUT2D eigenvalue weighted by molar-refractivity contribution is -0.142. The number of halogens is 2. The van der Waals surface area contributed by atoms with Crippen LogP contribution in [0.25, 0.3) is 6.08 Å². The van der Waals surface area contributed by atoms with Crippen molar-refractivity contribution in [2.45, 2.75) is 20.5 Å². The molecule has 1 amide bonds. The molecule has 30 heavy (non-hydrogen) atoms. The Kier molecular flexibility index (Phi) is 8.05. The van der Waals surface area contributed by atoms with E-state index in [2.05, 4.69) is 10.1 Å². The lowest BCUT2D eigenvalue weighted by Gasteiger charge is -2.06. The van der Waals surface area contributed by atoms with Gasteiger partial charge in [0, 0.05) is 11.0 Å². The number of alkyl halides is 2. The highest BCUT2D eigenvalue weighted by Crippen LogP contribution is 2.32. The van der Waals surface area contributed by atoms with Crippen LogP contribution in [0, 0.1) is 13.8 Å². The number of ether oxygens (including phenoxy) is 3. The molecule has 0 aliphatic heterocycles. The van der Waals surface area contributed by atoms with Gasteiger partial charge in [-0.1, -0.05) is 12.1 Å². The highest BCUT2D eigenvalue weighted by Gasteiger charge is 2.21. The zero-order chi connectivity index (χ0) is 22.3. The van der Waals surface area contributed by atoms with E-state index in [4.69, 9.17) is 9.47 Å². The molecule has 160 valence electrons. The quantitative estimate of drug-likeness (QED) is 0.495. The predicted molar refractivity (Wildman–Crippen MR) is 107 cm³/mol. The molecule has 0 atom stereocenters. The first kappa shape index (κ1) is 23.0. The number of anilines is 1. The van der Waals surface area contributed by atoms with Crippen LogP contribution in [0.15, 0.2) is 30.3 Å². The van der Waals surface area contributed by atoms with Crippen molar-refractivity contribution in [3.63, 3.8) is 0 Å². The minimum Gasteiger partial charge on any atom is -0.465 e. The molecular weight excluding hydrogens is 420 g/mol. The fourth-order valence-electron chi connectivity index (χ4n) is 2.34. The van der Waals surface area contributed by atoms with E-state index < -0.39 is 31.1 Å². The number of carbonyl (C=O) groups is 3. The third-order valence-corrected chi connectivity index (χ3v) is 5.01. The van der Waals surface area contributed by atoms with Crippen molar-refractivity contribution < 1.29 is 37.4 Å². The number of thiophene rings is 1. The number of hydrogen-bond donors (Lipinski definition) is 1. The van der Waals surface area contributed by atoms with Crippen molar-refractivity contribution in [2.75, 3.05) is 19.0 Å². The van der Waals surface area contributed by atoms with E-state index in [0.29, 0.717) is 16.1 Å². The number of rotatable bonds is 8. The highest BCUT2D eigenvalue weighted by atomic mass is 32.1. The fraction of sp³-hybridized carbons (Fsp3) is 0.250. The van der Waals surface area contributed by atoms with Crippen molar-refractivity contribution in [1.29, 1.82) is 0 Å². The first-order valence-corrected chi connectivity index (χ1v) is 9.40. The normalized spacial score (nSPS) is 10.9. The van der Waals surface area contributed by atoms with Gasteiger partial charge in [-0.15, -0.1) is 11.3 Å². The highest BCUT2D eigenvalue weighted by molar-refractivity contribution is 7.16. The zero-order valence-corrected chi connectivity index (χ0v) is 17.2. The van der Waals surface area contributed by atoms with Crippen LogP contribution in [0.3, 0.4) is 0 Å². The average molecular weight is 439 g/mol. The van der Waals surface area contributed by atoms with Gasteiger partial charge in [-0.3, -0.25) is 4.79 Å². The number of methoxy groups -OCH3 is 1. The van der Waals surface area contributed by atoms with E-state index >= 15 is 0 Å². The van der Waals surface area contributed by atoms with Crippen LogP contribution in [0.4, 0.5) is 13.8 Å². The van der Waals surface area contributed by atoms with Crippen LogP contribution in [0.1, 0.15) is 26.4 Å². The van der Waals surface area contributed by atoms with Crippen LogP contribution in [-0.4, -0.2) is 38.2 Å². The van der Waals surface area contributed by atoms with Gasteiger partial charge in [0.15, 0.2) is 6.61 Å². The Morgan fingerprint density at radius 2 is 1.83 bits per heavy atom. The maximum absolute atomic E-state index is 12.1. The molecule has 1 aromatic carbocycles. The molecule has 0 aliphatic rings. The van der Waals surface area contributed by atoms with Gasteiger partial charge in [-0.05, 0) is 43.2 Å². The van der Waals surface area contributed by atoms with Gasteiger partial charge in [0.2, 0.25) is 0 Å². The monoisotopic (exact) mass is 439 g/mol. The average Bonchev–Trinajstić information content (AvgIpc) is 2.98. The van der Waals surface area contributed by atoms with E-state index in [9.17, 15) is 23.2 Å². The van der Waals surface area contributed by atoms with Crippen LogP contribution in [0.5, 0.6) is 5.75 Å². The van der Waals surface area contributed by atoms with Gasteiger partial charge >= 0.3 is 18.6 Å². The minimum atomic E-state index is -2.92. The maximum atomic E-state index is 12.1. The summed E-state index contributed by atoms with van der Waals surface area (Å²) in [6, 6.07) is 5.61. The van der Waals surface area contributed by atoms with Gasteiger partial charge in [-0.25, -0.2) is 9.59 Å². The molecule has 1 aromatic heterocycles. The topological polar surface area (TPSA) is 90.9 Å². The minimum absolute atomic E-state index is 0.00762. The second-order valence-corrected chi connectivity index (χ2v) is 7.14. The predicted octanol–water partition coefficient (Wildman–Crippen LogP) is 3.95. The first-order valence-electron chi connectivity index (χ1n) is 8.59. The molecule has 0 saturated heterocycles. The van der Waals surface area contributed by atoms with Crippen LogP contribution in [-0.2, 0) is 19.1 Å². The Hall–Kier alpha value is -3.27. The van der Waals surface area contributed by atoms with Gasteiger partial charge < -0.3 is 19.5 Å². The number of carbonyl (C=O) groups excluding carboxylic acids is 3. The molecule has 0 spiro atoms. The Bertz CT molecular complexity index is 953. The molecule has 10 heteroatoms. The van der Waals surface area contributed by atoms with E-state index in [-0.39, 0.29) is 11.3 Å². The number of benzene rings is 1. The van der Waals surface area contributed by atoms with Crippen LogP contribution in [0.2, 0.25) is 0 Å². The Morgan fingerprint density at radius 3 is 2.43 bits per heavy atom. The summed E-state index contributed by atoms with van der Waals surface area (Å²) in [5, 5.41) is 2.86. The number of amides is 1. The molecule has 0 fully saturated rings. The van der Waals surface area contributed by atoms with Crippen molar-refractivity contribution in [3.8, 4) is 5.75 Å². The standard InChI is InChI=1S/C20H19F2NO6S/c1-11-12(2)30-18(17(11)19(26)27-3)23-15(24)10-28-16(25)9-6-13-4-7-14(8-5-13)29-20(21)22/h4-9,20H,10H2,1-3H3,(H,23,24)/b9-6+. The molecular formula is C20H19F2NO6S. The Balaban J connectivity index is 1.89. The number of esters is 2. The number of hydrogen-bond acceptors (Lipinski definition) is 7. The molecule has 2 rings (SSSR count). The molecule has 0 radical (unpaired) electrons. The van der Waals surface area contributed by atoms with Gasteiger partial charge in [-0.2, -0.15) is 8.78 Å². The zero-order valence-electron chi connectivity index (χ0n) is 16.4. The Morgan fingerprint density at radius 1 is 1.17 bits per heavy atom. The van der Waals surface area contributed by atoms with Crippen molar-refractivity contribution >= 4 is 40.3 Å². The summed E-state index contributed by atoms with van der Waals surface area (Å²) in [6.07, 6.45) is 2.49. The largest absolute Gasteiger partial charge is 0.465 e. The van der Waals surface area contributed by atoms with E-state index in [1.54, 1.807) is 13.8 Å². The van der Waals surface area contributed by atoms with Crippen LogP contribution >= 0.6 is 11.3 Å². The molecule has 1 N–H and O–H groups in total. The summed E-state index contributed by atoms with van der Waals surface area (Å²) >= 11 is 1.22. The van der Waals surface area contributed by atoms with E-state index in [1.807, 2.05) is 0 Å². The first-order chi connectivity index (χ1) is 14.2. The second-order valence-electron chi connectivity index (χ2n) is 5.92. The van der Waals surface area contributed by atoms with E-state index in [0.717, 1.165) is 11.0 Å². The van der Waals surface area contributed by atoms with Crippen molar-refractivity contribution in [3.05, 3.63) is 51.9 Å². The van der Waals surface area contributed by atoms with E-state index in [1.165, 1.54) is 48.8 Å². The second kappa shape index (κ2) is 10.5. The molecule has 0 saturated carbocycles. The Labute approximate surface area is 175 Å². The molecule has 0 unspecified atom stereocenters. The lowest BCUT2D eigenvalue weighted by atomic mass is 10.1. The number of nitrogens with one attached hydrogen (secondary N) is 1. The summed E-state index contributed by atoms with van der Waals surface area (Å²) in [5.74, 6) is -1.97. The number of aryl methyl sites for hydroxylation is 1. The molecule has 7 nitrogen and oxygen atoms in total. The molecule has 2 aromatic rings. The third-order valence-electron chi connectivity index (χ3n) is 3.89. The lowest BCUT2D eigenvalue weighted by Crippen LogP contribution is -2.21. The molecule has 0 aliphatic carbocycles. The summed E-state index contributed by atoms with van der Waals surface area (Å²) in [4.78, 5) is 36.6.